The molecule has 1 aromatic heterocycles. The smallest absolute Gasteiger partial charge is 0.207 e. The fraction of sp³-hybridized carbons (Fsp3) is 0.400. The third-order valence-corrected chi connectivity index (χ3v) is 3.39. The van der Waals surface area contributed by atoms with Crippen LogP contribution in [0.4, 0.5) is 0 Å². The fourth-order valence-electron chi connectivity index (χ4n) is 2.21. The average molecular weight is 261 g/mol. The highest BCUT2D eigenvalue weighted by Gasteiger charge is 2.17. The number of fused-ring (bicyclic) bond motifs is 1. The lowest BCUT2D eigenvalue weighted by molar-refractivity contribution is -0.110. The second-order valence-electron chi connectivity index (χ2n) is 4.94. The lowest BCUT2D eigenvalue weighted by atomic mass is 9.96. The van der Waals surface area contributed by atoms with Crippen LogP contribution in [0.2, 0.25) is 0 Å². The molecule has 4 nitrogen and oxygen atoms in total. The number of hydrogen-bond acceptors (Lipinski definition) is 3. The van der Waals surface area contributed by atoms with Gasteiger partial charge in [0.05, 0.1) is 13.4 Å². The summed E-state index contributed by atoms with van der Waals surface area (Å²) in [5, 5.41) is 3.90. The van der Waals surface area contributed by atoms with E-state index in [2.05, 4.69) is 19.2 Å². The highest BCUT2D eigenvalue weighted by atomic mass is 16.5. The van der Waals surface area contributed by atoms with Gasteiger partial charge in [-0.25, -0.2) is 0 Å². The molecule has 0 saturated heterocycles. The lowest BCUT2D eigenvalue weighted by Gasteiger charge is -2.19. The molecule has 0 saturated carbocycles. The van der Waals surface area contributed by atoms with Crippen molar-refractivity contribution in [1.82, 2.24) is 5.32 Å². The molecular formula is C15H19NO3. The number of hydrogen-bond donors (Lipinski definition) is 1. The molecule has 1 atom stereocenters. The molecular weight excluding hydrogens is 242 g/mol. The molecule has 0 radical (unpaired) electrons. The predicted octanol–water partition coefficient (Wildman–Crippen LogP) is 2.75. The van der Waals surface area contributed by atoms with Gasteiger partial charge in [-0.2, -0.15) is 0 Å². The van der Waals surface area contributed by atoms with Gasteiger partial charge in [-0.15, -0.1) is 0 Å². The number of carbonyl (C=O) groups is 1. The molecule has 4 heteroatoms. The van der Waals surface area contributed by atoms with Gasteiger partial charge in [0.15, 0.2) is 11.3 Å². The molecule has 0 aliphatic carbocycles. The largest absolute Gasteiger partial charge is 0.493 e. The first-order valence-corrected chi connectivity index (χ1v) is 6.40. The molecule has 1 amide bonds. The number of methoxy groups -OCH3 is 1. The van der Waals surface area contributed by atoms with E-state index >= 15 is 0 Å². The summed E-state index contributed by atoms with van der Waals surface area (Å²) in [7, 11) is 1.63. The van der Waals surface area contributed by atoms with Crippen molar-refractivity contribution < 1.29 is 13.9 Å². The van der Waals surface area contributed by atoms with Crippen LogP contribution in [0.5, 0.6) is 5.75 Å². The van der Waals surface area contributed by atoms with Crippen LogP contribution >= 0.6 is 0 Å². The Morgan fingerprint density at radius 3 is 2.84 bits per heavy atom. The summed E-state index contributed by atoms with van der Waals surface area (Å²) in [6, 6.07) is 5.93. The number of furan rings is 1. The van der Waals surface area contributed by atoms with Crippen LogP contribution in [0, 0.1) is 5.92 Å². The fourth-order valence-corrected chi connectivity index (χ4v) is 2.21. The third kappa shape index (κ3) is 2.72. The van der Waals surface area contributed by atoms with Crippen molar-refractivity contribution in [2.75, 3.05) is 7.11 Å². The Bertz CT molecular complexity index is 560. The number of rotatable bonds is 6. The maximum Gasteiger partial charge on any atom is 0.207 e. The van der Waals surface area contributed by atoms with E-state index in [0.29, 0.717) is 5.92 Å². The quantitative estimate of drug-likeness (QED) is 0.813. The van der Waals surface area contributed by atoms with E-state index in [-0.39, 0.29) is 6.04 Å². The number of amides is 1. The second-order valence-corrected chi connectivity index (χ2v) is 4.94. The number of ether oxygens (including phenoxy) is 1. The molecule has 0 fully saturated rings. The van der Waals surface area contributed by atoms with Crippen LogP contribution in [0.15, 0.2) is 28.9 Å². The van der Waals surface area contributed by atoms with Crippen LogP contribution in [-0.2, 0) is 11.2 Å². The van der Waals surface area contributed by atoms with Gasteiger partial charge in [-0.1, -0.05) is 26.0 Å². The average Bonchev–Trinajstić information content (AvgIpc) is 2.81. The Kier molecular flexibility index (Phi) is 4.10. The lowest BCUT2D eigenvalue weighted by Crippen LogP contribution is -2.34. The van der Waals surface area contributed by atoms with E-state index in [4.69, 9.17) is 9.15 Å². The van der Waals surface area contributed by atoms with E-state index in [1.54, 1.807) is 13.4 Å². The molecule has 2 rings (SSSR count). The zero-order chi connectivity index (χ0) is 13.8. The van der Waals surface area contributed by atoms with Gasteiger partial charge in [-0.3, -0.25) is 4.79 Å². The molecule has 102 valence electrons. The highest BCUT2D eigenvalue weighted by Crippen LogP contribution is 2.30. The Balaban J connectivity index is 2.32. The first-order chi connectivity index (χ1) is 9.17. The zero-order valence-corrected chi connectivity index (χ0v) is 11.5. The standard InChI is InChI=1S/C15H19NO3/c1-10(2)13(16-9-17)7-11-8-19-15-12(11)5-4-6-14(15)18-3/h4-6,8-10,13H,7H2,1-3H3,(H,16,17)/t13-/m0/s1. The van der Waals surface area contributed by atoms with Gasteiger partial charge in [0.1, 0.15) is 0 Å². The minimum absolute atomic E-state index is 0.101. The topological polar surface area (TPSA) is 51.5 Å². The van der Waals surface area contributed by atoms with E-state index in [0.717, 1.165) is 35.1 Å². The van der Waals surface area contributed by atoms with E-state index in [1.165, 1.54) is 0 Å². The van der Waals surface area contributed by atoms with Gasteiger partial charge >= 0.3 is 0 Å². The first-order valence-electron chi connectivity index (χ1n) is 6.40. The van der Waals surface area contributed by atoms with Crippen molar-refractivity contribution in [3.8, 4) is 5.75 Å². The molecule has 0 aliphatic rings. The number of nitrogens with one attached hydrogen (secondary N) is 1. The summed E-state index contributed by atoms with van der Waals surface area (Å²) in [4.78, 5) is 10.7. The van der Waals surface area contributed by atoms with Crippen molar-refractivity contribution in [3.63, 3.8) is 0 Å². The number of carbonyl (C=O) groups excluding carboxylic acids is 1. The molecule has 2 aromatic rings. The van der Waals surface area contributed by atoms with Crippen LogP contribution in [0.1, 0.15) is 19.4 Å². The van der Waals surface area contributed by atoms with Gasteiger partial charge in [0, 0.05) is 17.0 Å². The molecule has 0 bridgehead atoms. The summed E-state index contributed by atoms with van der Waals surface area (Å²) >= 11 is 0. The SMILES string of the molecule is COc1cccc2c(C[C@H](NC=O)C(C)C)coc12. The normalized spacial score (nSPS) is 12.6. The summed E-state index contributed by atoms with van der Waals surface area (Å²) in [5.74, 6) is 1.09. The van der Waals surface area contributed by atoms with E-state index < -0.39 is 0 Å². The Hall–Kier alpha value is -1.97. The summed E-state index contributed by atoms with van der Waals surface area (Å²) in [5.41, 5.74) is 1.84. The van der Waals surface area contributed by atoms with Gasteiger partial charge in [0.25, 0.3) is 0 Å². The van der Waals surface area contributed by atoms with Crippen molar-refractivity contribution in [3.05, 3.63) is 30.0 Å². The van der Waals surface area contributed by atoms with Crippen LogP contribution in [0.25, 0.3) is 11.0 Å². The van der Waals surface area contributed by atoms with Gasteiger partial charge < -0.3 is 14.5 Å². The van der Waals surface area contributed by atoms with Crippen molar-refractivity contribution >= 4 is 17.4 Å². The van der Waals surface area contributed by atoms with Crippen molar-refractivity contribution in [2.24, 2.45) is 5.92 Å². The highest BCUT2D eigenvalue weighted by molar-refractivity contribution is 5.86. The number of para-hydroxylation sites is 1. The number of benzene rings is 1. The molecule has 0 aliphatic heterocycles. The molecule has 0 unspecified atom stereocenters. The zero-order valence-electron chi connectivity index (χ0n) is 11.5. The van der Waals surface area contributed by atoms with Crippen molar-refractivity contribution in [1.29, 1.82) is 0 Å². The van der Waals surface area contributed by atoms with E-state index in [1.807, 2.05) is 18.2 Å². The maximum atomic E-state index is 10.7. The molecule has 1 heterocycles. The first kappa shape index (κ1) is 13.5. The van der Waals surface area contributed by atoms with Gasteiger partial charge in [-0.05, 0) is 18.4 Å². The van der Waals surface area contributed by atoms with Crippen molar-refractivity contribution in [2.45, 2.75) is 26.3 Å². The summed E-state index contributed by atoms with van der Waals surface area (Å²) in [6.07, 6.45) is 3.25. The molecule has 0 spiro atoms. The second kappa shape index (κ2) is 5.78. The molecule has 1 N–H and O–H groups in total. The Morgan fingerprint density at radius 1 is 1.42 bits per heavy atom. The third-order valence-electron chi connectivity index (χ3n) is 3.39. The van der Waals surface area contributed by atoms with E-state index in [9.17, 15) is 4.79 Å². The Labute approximate surface area is 112 Å². The maximum absolute atomic E-state index is 10.7. The van der Waals surface area contributed by atoms with Crippen LogP contribution < -0.4 is 10.1 Å². The monoisotopic (exact) mass is 261 g/mol. The predicted molar refractivity (Wildman–Crippen MR) is 74.3 cm³/mol. The van der Waals surface area contributed by atoms with Crippen LogP contribution in [0.3, 0.4) is 0 Å². The molecule has 19 heavy (non-hydrogen) atoms. The minimum atomic E-state index is 0.101. The Morgan fingerprint density at radius 2 is 2.21 bits per heavy atom. The summed E-state index contributed by atoms with van der Waals surface area (Å²) < 4.78 is 10.9. The summed E-state index contributed by atoms with van der Waals surface area (Å²) in [6.45, 7) is 4.17. The van der Waals surface area contributed by atoms with Gasteiger partial charge in [0.2, 0.25) is 6.41 Å². The molecule has 1 aromatic carbocycles. The minimum Gasteiger partial charge on any atom is -0.493 e. The van der Waals surface area contributed by atoms with Crippen LogP contribution in [-0.4, -0.2) is 19.6 Å².